The van der Waals surface area contributed by atoms with Crippen molar-refractivity contribution in [2.24, 2.45) is 11.7 Å². The zero-order chi connectivity index (χ0) is 17.8. The molecule has 0 saturated carbocycles. The lowest BCUT2D eigenvalue weighted by Crippen LogP contribution is -2.41. The van der Waals surface area contributed by atoms with Gasteiger partial charge in [0, 0.05) is 31.0 Å². The maximum atomic E-state index is 12.0. The van der Waals surface area contributed by atoms with Crippen molar-refractivity contribution >= 4 is 17.5 Å². The van der Waals surface area contributed by atoms with Crippen molar-refractivity contribution in [3.05, 3.63) is 47.3 Å². The Morgan fingerprint density at radius 2 is 2.12 bits per heavy atom. The molecule has 0 aliphatic carbocycles. The first-order chi connectivity index (χ1) is 12.0. The van der Waals surface area contributed by atoms with Crippen molar-refractivity contribution < 1.29 is 9.59 Å². The third-order valence-electron chi connectivity index (χ3n) is 4.52. The highest BCUT2D eigenvalue weighted by molar-refractivity contribution is 5.92. The number of aromatic nitrogens is 2. The minimum atomic E-state index is -0.224. The van der Waals surface area contributed by atoms with Crippen molar-refractivity contribution in [3.63, 3.8) is 0 Å². The van der Waals surface area contributed by atoms with Crippen LogP contribution in [-0.4, -0.2) is 35.1 Å². The summed E-state index contributed by atoms with van der Waals surface area (Å²) in [6.07, 6.45) is 1.83. The number of rotatable bonds is 5. The number of benzene rings is 1. The molecular weight excluding hydrogens is 318 g/mol. The number of hydrogen-bond acceptors (Lipinski definition) is 4. The normalized spacial score (nSPS) is 17.3. The van der Waals surface area contributed by atoms with Crippen molar-refractivity contribution in [3.8, 4) is 0 Å². The number of nitrogens with zero attached hydrogens (tertiary/aromatic N) is 2. The van der Waals surface area contributed by atoms with Gasteiger partial charge in [-0.05, 0) is 43.5 Å². The van der Waals surface area contributed by atoms with E-state index in [2.05, 4.69) is 20.4 Å². The highest BCUT2D eigenvalue weighted by Crippen LogP contribution is 2.23. The molecule has 0 bridgehead atoms. The number of piperidine rings is 1. The van der Waals surface area contributed by atoms with Crippen molar-refractivity contribution in [1.82, 2.24) is 15.5 Å². The summed E-state index contributed by atoms with van der Waals surface area (Å²) in [7, 11) is 0. The molecule has 25 heavy (non-hydrogen) atoms. The largest absolute Gasteiger partial charge is 0.371 e. The van der Waals surface area contributed by atoms with E-state index in [1.165, 1.54) is 0 Å². The average Bonchev–Trinajstić information content (AvgIpc) is 3.07. The van der Waals surface area contributed by atoms with Crippen LogP contribution in [0, 0.1) is 12.8 Å². The number of aryl methyl sites for hydroxylation is 1. The van der Waals surface area contributed by atoms with E-state index < -0.39 is 0 Å². The molecule has 2 heterocycles. The predicted octanol–water partition coefficient (Wildman–Crippen LogP) is 1.35. The van der Waals surface area contributed by atoms with Crippen LogP contribution in [0.25, 0.3) is 0 Å². The van der Waals surface area contributed by atoms with Crippen molar-refractivity contribution in [2.45, 2.75) is 26.3 Å². The van der Waals surface area contributed by atoms with E-state index >= 15 is 0 Å². The molecule has 7 heteroatoms. The van der Waals surface area contributed by atoms with E-state index in [0.717, 1.165) is 36.3 Å². The van der Waals surface area contributed by atoms with Gasteiger partial charge >= 0.3 is 0 Å². The molecule has 0 unspecified atom stereocenters. The molecule has 3 rings (SSSR count). The lowest BCUT2D eigenvalue weighted by atomic mass is 9.97. The summed E-state index contributed by atoms with van der Waals surface area (Å²) in [5.41, 5.74) is 8.76. The Balaban J connectivity index is 1.57. The Labute approximate surface area is 146 Å². The van der Waals surface area contributed by atoms with Crippen LogP contribution in [0.1, 0.15) is 34.6 Å². The zero-order valence-electron chi connectivity index (χ0n) is 14.3. The number of nitrogens with two attached hydrogens (primary N) is 1. The molecule has 1 aromatic carbocycles. The van der Waals surface area contributed by atoms with E-state index in [1.54, 1.807) is 6.07 Å². The van der Waals surface area contributed by atoms with Crippen LogP contribution >= 0.6 is 0 Å². The monoisotopic (exact) mass is 341 g/mol. The number of amides is 2. The fraction of sp³-hybridized carbons (Fsp3) is 0.389. The van der Waals surface area contributed by atoms with Crippen LogP contribution in [0.4, 0.5) is 5.69 Å². The van der Waals surface area contributed by atoms with Crippen LogP contribution in [0.5, 0.6) is 0 Å². The summed E-state index contributed by atoms with van der Waals surface area (Å²) < 4.78 is 0. The van der Waals surface area contributed by atoms with E-state index in [1.807, 2.05) is 31.2 Å². The predicted molar refractivity (Wildman–Crippen MR) is 95.1 cm³/mol. The van der Waals surface area contributed by atoms with Crippen molar-refractivity contribution in [2.75, 3.05) is 18.0 Å². The van der Waals surface area contributed by atoms with Crippen LogP contribution in [0.15, 0.2) is 30.3 Å². The summed E-state index contributed by atoms with van der Waals surface area (Å²) in [5.74, 6) is -0.503. The summed E-state index contributed by atoms with van der Waals surface area (Å²) in [6, 6.07) is 9.72. The second kappa shape index (κ2) is 7.38. The van der Waals surface area contributed by atoms with Crippen LogP contribution in [-0.2, 0) is 11.3 Å². The van der Waals surface area contributed by atoms with E-state index in [-0.39, 0.29) is 17.7 Å². The standard InChI is InChI=1S/C18H23N5O2/c1-12-9-16(22-21-12)18(25)20-10-13-4-6-15(7-5-13)23-8-2-3-14(11-23)17(19)24/h4-7,9,14H,2-3,8,10-11H2,1H3,(H2,19,24)(H,20,25)(H,21,22)/t14-/m1/s1. The smallest absolute Gasteiger partial charge is 0.272 e. The number of carbonyl (C=O) groups is 2. The van der Waals surface area contributed by atoms with Crippen LogP contribution in [0.3, 0.4) is 0 Å². The molecule has 132 valence electrons. The number of hydrogen-bond donors (Lipinski definition) is 3. The molecule has 1 aromatic heterocycles. The number of primary amides is 1. The first-order valence-electron chi connectivity index (χ1n) is 8.46. The van der Waals surface area contributed by atoms with Crippen LogP contribution in [0.2, 0.25) is 0 Å². The Morgan fingerprint density at radius 1 is 1.36 bits per heavy atom. The lowest BCUT2D eigenvalue weighted by Gasteiger charge is -2.33. The molecule has 7 nitrogen and oxygen atoms in total. The minimum Gasteiger partial charge on any atom is -0.371 e. The number of H-pyrrole nitrogens is 1. The first kappa shape index (κ1) is 17.0. The average molecular weight is 341 g/mol. The molecule has 1 aliphatic rings. The van der Waals surface area contributed by atoms with E-state index in [9.17, 15) is 9.59 Å². The third-order valence-corrected chi connectivity index (χ3v) is 4.52. The van der Waals surface area contributed by atoms with E-state index in [4.69, 9.17) is 5.73 Å². The Bertz CT molecular complexity index is 753. The van der Waals surface area contributed by atoms with Gasteiger partial charge in [-0.2, -0.15) is 5.10 Å². The molecule has 1 saturated heterocycles. The molecule has 2 aromatic rings. The maximum absolute atomic E-state index is 12.0. The van der Waals surface area contributed by atoms with Gasteiger partial charge < -0.3 is 16.0 Å². The Morgan fingerprint density at radius 3 is 2.76 bits per heavy atom. The fourth-order valence-corrected chi connectivity index (χ4v) is 3.08. The summed E-state index contributed by atoms with van der Waals surface area (Å²) >= 11 is 0. The molecule has 0 spiro atoms. The molecule has 4 N–H and O–H groups in total. The zero-order valence-corrected chi connectivity index (χ0v) is 14.3. The Hall–Kier alpha value is -2.83. The van der Waals surface area contributed by atoms with Gasteiger partial charge in [-0.1, -0.05) is 12.1 Å². The molecule has 1 aliphatic heterocycles. The second-order valence-electron chi connectivity index (χ2n) is 6.47. The van der Waals surface area contributed by atoms with Crippen LogP contribution < -0.4 is 16.0 Å². The van der Waals surface area contributed by atoms with Gasteiger partial charge in [0.05, 0.1) is 5.92 Å². The first-order valence-corrected chi connectivity index (χ1v) is 8.46. The van der Waals surface area contributed by atoms with Gasteiger partial charge in [-0.25, -0.2) is 0 Å². The molecule has 1 atom stereocenters. The quantitative estimate of drug-likeness (QED) is 0.763. The SMILES string of the molecule is Cc1cc(C(=O)NCc2ccc(N3CCC[C@@H](C(N)=O)C3)cc2)n[nH]1. The number of anilines is 1. The third kappa shape index (κ3) is 4.17. The summed E-state index contributed by atoms with van der Waals surface area (Å²) in [6.45, 7) is 3.89. The number of aromatic amines is 1. The topological polar surface area (TPSA) is 104 Å². The minimum absolute atomic E-state index is 0.0787. The highest BCUT2D eigenvalue weighted by atomic mass is 16.2. The van der Waals surface area contributed by atoms with Gasteiger partial charge in [-0.3, -0.25) is 14.7 Å². The Kier molecular flexibility index (Phi) is 5.02. The summed E-state index contributed by atoms with van der Waals surface area (Å²) in [5, 5.41) is 9.55. The van der Waals surface area contributed by atoms with Gasteiger partial charge in [0.15, 0.2) is 0 Å². The molecular formula is C18H23N5O2. The van der Waals surface area contributed by atoms with Gasteiger partial charge in [0.1, 0.15) is 5.69 Å². The lowest BCUT2D eigenvalue weighted by molar-refractivity contribution is -0.122. The molecule has 1 fully saturated rings. The maximum Gasteiger partial charge on any atom is 0.272 e. The molecule has 2 amide bonds. The van der Waals surface area contributed by atoms with Crippen molar-refractivity contribution in [1.29, 1.82) is 0 Å². The number of carbonyl (C=O) groups excluding carboxylic acids is 2. The second-order valence-corrected chi connectivity index (χ2v) is 6.47. The van der Waals surface area contributed by atoms with Gasteiger partial charge in [0.25, 0.3) is 5.91 Å². The summed E-state index contributed by atoms with van der Waals surface area (Å²) in [4.78, 5) is 25.6. The van der Waals surface area contributed by atoms with Gasteiger partial charge in [0.2, 0.25) is 5.91 Å². The molecule has 0 radical (unpaired) electrons. The van der Waals surface area contributed by atoms with E-state index in [0.29, 0.717) is 18.8 Å². The highest BCUT2D eigenvalue weighted by Gasteiger charge is 2.24. The number of nitrogens with one attached hydrogen (secondary N) is 2. The fourth-order valence-electron chi connectivity index (χ4n) is 3.08. The van der Waals surface area contributed by atoms with Gasteiger partial charge in [-0.15, -0.1) is 0 Å².